The molecule has 2 aromatic carbocycles. The summed E-state index contributed by atoms with van der Waals surface area (Å²) < 4.78 is -1.30. The number of hydrogen-bond acceptors (Lipinski definition) is 14. The van der Waals surface area contributed by atoms with E-state index in [0.717, 1.165) is 5.56 Å². The standard InChI is InChI=1S/C39H59N9O10S2/c1-20(49)29(32(42)52)46-38(58)31(39(3,4)60)48-37(57)30(21(2)50)47-34(54)26(11-8-16-40)43-35(55)27(18-23-12-14-24(51)15-13-23)44-36(56)28(19-59)45-33(53)25(41)17-22-9-6-5-7-10-22/h5-7,9-10,12-15,20-21,25-31,49-51,59-60H,8,11,16-19,40-41H2,1-4H3,(H2,42,52)(H,43,55)(H,44,56)(H,45,53)(H,46,58)(H,47,54)(H,48,57)/t20-,21-,25-,26+,27+,28+,29+,30+,31-/m1/s1. The van der Waals surface area contributed by atoms with E-state index in [9.17, 15) is 48.9 Å². The minimum absolute atomic E-state index is 0.0526. The minimum Gasteiger partial charge on any atom is -0.508 e. The molecule has 0 spiro atoms. The van der Waals surface area contributed by atoms with Crippen LogP contribution < -0.4 is 49.1 Å². The molecule has 0 unspecified atom stereocenters. The van der Waals surface area contributed by atoms with Gasteiger partial charge in [-0.15, -0.1) is 0 Å². The normalized spacial score (nSPS) is 15.9. The monoisotopic (exact) mass is 877 g/mol. The van der Waals surface area contributed by atoms with Crippen molar-refractivity contribution in [2.75, 3.05) is 12.3 Å². The Morgan fingerprint density at radius 1 is 0.667 bits per heavy atom. The average Bonchev–Trinajstić information content (AvgIpc) is 3.18. The number of phenolic OH excluding ortho intramolecular Hbond substituents is 1. The van der Waals surface area contributed by atoms with Crippen molar-refractivity contribution in [3.8, 4) is 5.75 Å². The maximum absolute atomic E-state index is 14.0. The molecule has 60 heavy (non-hydrogen) atoms. The van der Waals surface area contributed by atoms with Crippen molar-refractivity contribution in [1.82, 2.24) is 31.9 Å². The number of carbonyl (C=O) groups excluding carboxylic acids is 7. The highest BCUT2D eigenvalue weighted by molar-refractivity contribution is 7.81. The number of aliphatic hydroxyl groups excluding tert-OH is 2. The molecule has 0 aromatic heterocycles. The number of amides is 7. The Balaban J connectivity index is 2.33. The van der Waals surface area contributed by atoms with Crippen LogP contribution in [0.2, 0.25) is 0 Å². The second-order valence-electron chi connectivity index (χ2n) is 14.9. The van der Waals surface area contributed by atoms with Gasteiger partial charge in [-0.1, -0.05) is 42.5 Å². The topological polar surface area (TPSA) is 330 Å². The Morgan fingerprint density at radius 2 is 1.17 bits per heavy atom. The molecule has 7 amide bonds. The van der Waals surface area contributed by atoms with E-state index in [2.05, 4.69) is 57.2 Å². The molecule has 0 radical (unpaired) electrons. The predicted octanol–water partition coefficient (Wildman–Crippen LogP) is -2.96. The molecule has 19 nitrogen and oxygen atoms in total. The highest BCUT2D eigenvalue weighted by atomic mass is 32.1. The second-order valence-corrected chi connectivity index (χ2v) is 16.4. The van der Waals surface area contributed by atoms with E-state index < -0.39 is 101 Å². The molecule has 332 valence electrons. The third kappa shape index (κ3) is 16.6. The lowest BCUT2D eigenvalue weighted by Gasteiger charge is -2.33. The molecule has 0 saturated carbocycles. The maximum atomic E-state index is 14.0. The summed E-state index contributed by atoms with van der Waals surface area (Å²) in [4.78, 5) is 93.1. The highest BCUT2D eigenvalue weighted by Crippen LogP contribution is 2.19. The number of aliphatic hydroxyl groups is 2. The fraction of sp³-hybridized carbons (Fsp3) is 0.513. The summed E-state index contributed by atoms with van der Waals surface area (Å²) in [6.07, 6.45) is -2.75. The van der Waals surface area contributed by atoms with Crippen LogP contribution in [-0.4, -0.2) is 128 Å². The van der Waals surface area contributed by atoms with Gasteiger partial charge < -0.3 is 64.4 Å². The maximum Gasteiger partial charge on any atom is 0.245 e. The summed E-state index contributed by atoms with van der Waals surface area (Å²) >= 11 is 8.62. The molecule has 2 aromatic rings. The molecular formula is C39H59N9O10S2. The van der Waals surface area contributed by atoms with Gasteiger partial charge in [-0.3, -0.25) is 33.6 Å². The van der Waals surface area contributed by atoms with Crippen LogP contribution in [-0.2, 0) is 46.4 Å². The first-order valence-corrected chi connectivity index (χ1v) is 20.3. The lowest BCUT2D eigenvalue weighted by Crippen LogP contribution is -2.64. The number of thiol groups is 2. The average molecular weight is 878 g/mol. The van der Waals surface area contributed by atoms with Gasteiger partial charge in [0.25, 0.3) is 0 Å². The first-order valence-electron chi connectivity index (χ1n) is 19.2. The summed E-state index contributed by atoms with van der Waals surface area (Å²) in [5, 5.41) is 45.2. The summed E-state index contributed by atoms with van der Waals surface area (Å²) in [7, 11) is 0. The van der Waals surface area contributed by atoms with E-state index in [1.807, 2.05) is 6.07 Å². The number of aromatic hydroxyl groups is 1. The third-order valence-corrected chi connectivity index (χ3v) is 9.82. The smallest absolute Gasteiger partial charge is 0.245 e. The van der Waals surface area contributed by atoms with Gasteiger partial charge in [0.05, 0.1) is 18.2 Å². The minimum atomic E-state index is -1.70. The van der Waals surface area contributed by atoms with Crippen LogP contribution in [0.4, 0.5) is 0 Å². The van der Waals surface area contributed by atoms with Gasteiger partial charge in [0.15, 0.2) is 0 Å². The molecule has 0 saturated heterocycles. The van der Waals surface area contributed by atoms with Crippen molar-refractivity contribution in [2.45, 2.75) is 113 Å². The fourth-order valence-electron chi connectivity index (χ4n) is 5.77. The van der Waals surface area contributed by atoms with Crippen LogP contribution in [0, 0.1) is 0 Å². The third-order valence-electron chi connectivity index (χ3n) is 9.19. The van der Waals surface area contributed by atoms with E-state index in [-0.39, 0.29) is 43.7 Å². The molecule has 9 atom stereocenters. The van der Waals surface area contributed by atoms with Gasteiger partial charge in [0, 0.05) is 16.9 Å². The largest absolute Gasteiger partial charge is 0.508 e. The molecule has 0 fully saturated rings. The number of hydrogen-bond donors (Lipinski definition) is 14. The number of phenols is 1. The summed E-state index contributed by atoms with van der Waals surface area (Å²) in [5.74, 6) is -6.48. The Morgan fingerprint density at radius 3 is 1.68 bits per heavy atom. The molecule has 2 rings (SSSR count). The van der Waals surface area contributed by atoms with E-state index >= 15 is 0 Å². The Labute approximate surface area is 359 Å². The zero-order valence-corrected chi connectivity index (χ0v) is 35.7. The zero-order chi connectivity index (χ0) is 45.3. The van der Waals surface area contributed by atoms with Crippen LogP contribution in [0.25, 0.3) is 0 Å². The van der Waals surface area contributed by atoms with Crippen molar-refractivity contribution in [3.63, 3.8) is 0 Å². The molecule has 0 aliphatic rings. The van der Waals surface area contributed by atoms with Gasteiger partial charge in [-0.05, 0) is 76.8 Å². The van der Waals surface area contributed by atoms with Gasteiger partial charge in [-0.25, -0.2) is 0 Å². The second kappa shape index (κ2) is 24.4. The van der Waals surface area contributed by atoms with Crippen LogP contribution >= 0.6 is 25.3 Å². The number of benzene rings is 2. The molecule has 0 aliphatic carbocycles. The number of rotatable bonds is 24. The molecule has 0 aliphatic heterocycles. The highest BCUT2D eigenvalue weighted by Gasteiger charge is 2.39. The van der Waals surface area contributed by atoms with Crippen LogP contribution in [0.1, 0.15) is 51.7 Å². The fourth-order valence-corrected chi connectivity index (χ4v) is 6.21. The van der Waals surface area contributed by atoms with Crippen LogP contribution in [0.3, 0.4) is 0 Å². The van der Waals surface area contributed by atoms with Crippen molar-refractivity contribution in [3.05, 3.63) is 65.7 Å². The molecule has 0 bridgehead atoms. The van der Waals surface area contributed by atoms with Gasteiger partial charge in [0.2, 0.25) is 41.4 Å². The van der Waals surface area contributed by atoms with E-state index in [1.165, 1.54) is 52.0 Å². The number of nitrogens with two attached hydrogens (primary N) is 3. The van der Waals surface area contributed by atoms with Crippen molar-refractivity contribution in [1.29, 1.82) is 0 Å². The van der Waals surface area contributed by atoms with E-state index in [1.54, 1.807) is 24.3 Å². The Bertz CT molecular complexity index is 1760. The SMILES string of the molecule is C[C@@H](O)[C@H](NC(=O)[C@@H](NC(=O)[C@@H](NC(=O)[C@H](CCCN)NC(=O)[C@H](Cc1ccc(O)cc1)NC(=O)[C@H](CS)NC(=O)[C@H](N)Cc1ccccc1)[C@@H](C)O)C(C)(C)S)C(N)=O. The summed E-state index contributed by atoms with van der Waals surface area (Å²) in [5.41, 5.74) is 18.4. The number of primary amides is 1. The van der Waals surface area contributed by atoms with E-state index in [0.29, 0.717) is 5.56 Å². The number of carbonyl (C=O) groups is 7. The van der Waals surface area contributed by atoms with Crippen LogP contribution in [0.15, 0.2) is 54.6 Å². The molecule has 15 N–H and O–H groups in total. The van der Waals surface area contributed by atoms with Crippen molar-refractivity contribution >= 4 is 66.6 Å². The van der Waals surface area contributed by atoms with Gasteiger partial charge >= 0.3 is 0 Å². The quantitative estimate of drug-likeness (QED) is 0.0471. The predicted molar refractivity (Wildman–Crippen MR) is 229 cm³/mol. The van der Waals surface area contributed by atoms with Crippen molar-refractivity contribution in [2.24, 2.45) is 17.2 Å². The Kier molecular flexibility index (Phi) is 20.8. The van der Waals surface area contributed by atoms with Crippen LogP contribution in [0.5, 0.6) is 5.75 Å². The molecule has 0 heterocycles. The lowest BCUT2D eigenvalue weighted by molar-refractivity contribution is -0.137. The van der Waals surface area contributed by atoms with Gasteiger partial charge in [0.1, 0.15) is 42.0 Å². The zero-order valence-electron chi connectivity index (χ0n) is 34.0. The lowest BCUT2D eigenvalue weighted by atomic mass is 9.99. The molecular weight excluding hydrogens is 819 g/mol. The summed E-state index contributed by atoms with van der Waals surface area (Å²) in [6, 6.07) is 5.09. The first kappa shape index (κ1) is 51.2. The molecule has 21 heteroatoms. The Hall–Kier alpha value is -4.93. The summed E-state index contributed by atoms with van der Waals surface area (Å²) in [6.45, 7) is 5.45. The van der Waals surface area contributed by atoms with E-state index in [4.69, 9.17) is 17.2 Å². The van der Waals surface area contributed by atoms with Crippen molar-refractivity contribution < 1.29 is 48.9 Å². The van der Waals surface area contributed by atoms with Gasteiger partial charge in [-0.2, -0.15) is 25.3 Å². The number of nitrogens with one attached hydrogen (secondary N) is 6. The first-order chi connectivity index (χ1) is 28.1.